The zero-order valence-corrected chi connectivity index (χ0v) is 28.3. The number of carbonyl (C=O) groups excluding carboxylic acids is 3. The molecule has 2 aromatic carbocycles. The maximum Gasteiger partial charge on any atom is 0.408 e. The topological polar surface area (TPSA) is 152 Å². The van der Waals surface area contributed by atoms with Crippen LogP contribution in [0.4, 0.5) is 9.59 Å². The first-order chi connectivity index (χ1) is 22.7. The van der Waals surface area contributed by atoms with Crippen LogP contribution in [0, 0.1) is 0 Å². The molecule has 4 atom stereocenters. The molecular formula is C34H41N5O6S2. The Labute approximate surface area is 282 Å². The maximum absolute atomic E-state index is 13.3. The molecule has 0 saturated carbocycles. The Morgan fingerprint density at radius 2 is 1.47 bits per heavy atom. The molecule has 0 aliphatic heterocycles. The van der Waals surface area contributed by atoms with Gasteiger partial charge in [-0.15, -0.1) is 22.7 Å². The van der Waals surface area contributed by atoms with E-state index in [1.54, 1.807) is 18.6 Å². The average Bonchev–Trinajstić information content (AvgIpc) is 3.76. The van der Waals surface area contributed by atoms with Crippen LogP contribution in [0.3, 0.4) is 0 Å². The molecule has 4 N–H and O–H groups in total. The minimum Gasteiger partial charge on any atom is -0.444 e. The summed E-state index contributed by atoms with van der Waals surface area (Å²) in [4.78, 5) is 47.8. The lowest BCUT2D eigenvalue weighted by Gasteiger charge is -2.29. The fraction of sp³-hybridized carbons (Fsp3) is 0.382. The highest BCUT2D eigenvalue weighted by molar-refractivity contribution is 7.09. The van der Waals surface area contributed by atoms with E-state index in [1.807, 2.05) is 79.9 Å². The predicted molar refractivity (Wildman–Crippen MR) is 181 cm³/mol. The zero-order chi connectivity index (χ0) is 33.6. The third kappa shape index (κ3) is 12.1. The number of aliphatic hydroxyl groups excluding tert-OH is 1. The highest BCUT2D eigenvalue weighted by Crippen LogP contribution is 2.20. The molecule has 0 aliphatic carbocycles. The molecule has 3 amide bonds. The van der Waals surface area contributed by atoms with E-state index >= 15 is 0 Å². The highest BCUT2D eigenvalue weighted by atomic mass is 32.1. The van der Waals surface area contributed by atoms with Crippen molar-refractivity contribution in [1.29, 1.82) is 0 Å². The van der Waals surface area contributed by atoms with Crippen LogP contribution >= 0.6 is 22.7 Å². The van der Waals surface area contributed by atoms with Crippen LogP contribution in [0.2, 0.25) is 0 Å². The average molecular weight is 680 g/mol. The van der Waals surface area contributed by atoms with Crippen LogP contribution in [0.1, 0.15) is 59.8 Å². The normalized spacial score (nSPS) is 13.6. The molecule has 0 saturated heterocycles. The van der Waals surface area contributed by atoms with Crippen molar-refractivity contribution in [2.45, 2.75) is 83.4 Å². The quantitative estimate of drug-likeness (QED) is 0.124. The van der Waals surface area contributed by atoms with E-state index in [1.165, 1.54) is 22.7 Å². The molecule has 4 unspecified atom stereocenters. The Hall–Kier alpha value is -4.33. The van der Waals surface area contributed by atoms with E-state index in [0.29, 0.717) is 18.5 Å². The summed E-state index contributed by atoms with van der Waals surface area (Å²) >= 11 is 2.88. The Morgan fingerprint density at radius 1 is 0.830 bits per heavy atom. The van der Waals surface area contributed by atoms with Crippen molar-refractivity contribution in [2.75, 3.05) is 0 Å². The lowest BCUT2D eigenvalue weighted by Crippen LogP contribution is -2.52. The first-order valence-corrected chi connectivity index (χ1v) is 17.2. The van der Waals surface area contributed by atoms with Crippen molar-refractivity contribution in [2.24, 2.45) is 0 Å². The molecule has 2 heterocycles. The molecule has 47 heavy (non-hydrogen) atoms. The van der Waals surface area contributed by atoms with Crippen molar-refractivity contribution in [3.63, 3.8) is 0 Å². The lowest BCUT2D eigenvalue weighted by atomic mass is 9.93. The van der Waals surface area contributed by atoms with E-state index in [9.17, 15) is 19.5 Å². The van der Waals surface area contributed by atoms with Crippen molar-refractivity contribution >= 4 is 40.8 Å². The summed E-state index contributed by atoms with van der Waals surface area (Å²) < 4.78 is 10.7. The molecule has 11 nitrogen and oxygen atoms in total. The first-order valence-electron chi connectivity index (χ1n) is 15.4. The minimum atomic E-state index is -1.05. The molecule has 4 aromatic rings. The van der Waals surface area contributed by atoms with Gasteiger partial charge in [0.05, 0.1) is 33.2 Å². The number of carbonyl (C=O) groups is 3. The molecule has 2 aromatic heterocycles. The Bertz CT molecular complexity index is 1530. The fourth-order valence-corrected chi connectivity index (χ4v) is 6.07. The number of ether oxygens (including phenoxy) is 2. The number of aliphatic hydroxyl groups is 1. The molecule has 0 fully saturated rings. The molecule has 0 radical (unpaired) electrons. The second-order valence-electron chi connectivity index (χ2n) is 11.5. The number of rotatable bonds is 16. The van der Waals surface area contributed by atoms with E-state index in [-0.39, 0.29) is 25.6 Å². The molecule has 13 heteroatoms. The Kier molecular flexibility index (Phi) is 13.7. The van der Waals surface area contributed by atoms with E-state index in [4.69, 9.17) is 9.47 Å². The molecule has 0 aliphatic rings. The van der Waals surface area contributed by atoms with Gasteiger partial charge in [0, 0.05) is 23.5 Å². The smallest absolute Gasteiger partial charge is 0.408 e. The third-order valence-electron chi connectivity index (χ3n) is 7.23. The number of hydrogen-bond acceptors (Lipinski definition) is 10. The third-order valence-corrected chi connectivity index (χ3v) is 9.18. The van der Waals surface area contributed by atoms with Gasteiger partial charge in [0.15, 0.2) is 0 Å². The van der Waals surface area contributed by atoms with Crippen LogP contribution < -0.4 is 16.0 Å². The lowest BCUT2D eigenvalue weighted by molar-refractivity contribution is -0.123. The van der Waals surface area contributed by atoms with E-state index < -0.39 is 42.3 Å². The molecule has 4 rings (SSSR count). The standard InChI is InChI=1S/C34H41N5O6S2/c1-22(2)32-38-27(20-46-32)18-44-33(42)36-23(3)31(41)37-26(14-24-10-6-4-7-11-24)16-30(40)29(15-25-12-8-5-9-13-25)39-34(43)45-19-28-17-35-21-47-28/h4-13,17,20-23,26,29-30,40H,14-16,18-19H2,1-3H3,(H,36,42)(H,37,41)(H,39,43). The molecule has 0 spiro atoms. The number of thiazole rings is 2. The number of hydrogen-bond donors (Lipinski definition) is 4. The number of benzene rings is 2. The summed E-state index contributed by atoms with van der Waals surface area (Å²) in [5, 5.41) is 22.7. The molecule has 0 bridgehead atoms. The van der Waals surface area contributed by atoms with Crippen molar-refractivity contribution in [3.05, 3.63) is 104 Å². The number of nitrogens with zero attached hydrogens (tertiary/aromatic N) is 2. The summed E-state index contributed by atoms with van der Waals surface area (Å²) in [7, 11) is 0. The van der Waals surface area contributed by atoms with E-state index in [0.717, 1.165) is 21.0 Å². The van der Waals surface area contributed by atoms with Gasteiger partial charge in [0.1, 0.15) is 19.3 Å². The largest absolute Gasteiger partial charge is 0.444 e. The number of nitrogens with one attached hydrogen (secondary N) is 3. The monoisotopic (exact) mass is 679 g/mol. The SMILES string of the molecule is CC(NC(=O)OCc1csc(C(C)C)n1)C(=O)NC(Cc1ccccc1)CC(O)C(Cc1ccccc1)NC(=O)OCc1cncs1. The van der Waals surface area contributed by atoms with Gasteiger partial charge in [-0.3, -0.25) is 9.78 Å². The summed E-state index contributed by atoms with van der Waals surface area (Å²) in [6.07, 6.45) is 0.0343. The fourth-order valence-electron chi connectivity index (χ4n) is 4.75. The van der Waals surface area contributed by atoms with Crippen LogP contribution in [0.5, 0.6) is 0 Å². The highest BCUT2D eigenvalue weighted by Gasteiger charge is 2.28. The van der Waals surface area contributed by atoms with Gasteiger partial charge in [0.2, 0.25) is 5.91 Å². The van der Waals surface area contributed by atoms with Crippen LogP contribution in [0.25, 0.3) is 0 Å². The first kappa shape index (κ1) is 35.5. The van der Waals surface area contributed by atoms with Gasteiger partial charge in [0.25, 0.3) is 0 Å². The van der Waals surface area contributed by atoms with E-state index in [2.05, 4.69) is 25.9 Å². The van der Waals surface area contributed by atoms with Crippen LogP contribution in [-0.4, -0.2) is 57.4 Å². The number of aromatic nitrogens is 2. The second-order valence-corrected chi connectivity index (χ2v) is 13.3. The predicted octanol–water partition coefficient (Wildman–Crippen LogP) is 5.35. The maximum atomic E-state index is 13.3. The Morgan fingerprint density at radius 3 is 2.09 bits per heavy atom. The summed E-state index contributed by atoms with van der Waals surface area (Å²) in [5.41, 5.74) is 4.17. The van der Waals surface area contributed by atoms with Gasteiger partial charge in [-0.2, -0.15) is 0 Å². The number of alkyl carbamates (subject to hydrolysis) is 2. The van der Waals surface area contributed by atoms with Gasteiger partial charge in [-0.25, -0.2) is 14.6 Å². The van der Waals surface area contributed by atoms with Crippen molar-refractivity contribution in [3.8, 4) is 0 Å². The number of amides is 3. The second kappa shape index (κ2) is 18.1. The summed E-state index contributed by atoms with van der Waals surface area (Å²) in [6.45, 7) is 5.70. The minimum absolute atomic E-state index is 0.00529. The van der Waals surface area contributed by atoms with Gasteiger partial charge < -0.3 is 30.5 Å². The van der Waals surface area contributed by atoms with Crippen molar-refractivity contribution in [1.82, 2.24) is 25.9 Å². The van der Waals surface area contributed by atoms with Crippen LogP contribution in [0.15, 0.2) is 77.8 Å². The molecule has 250 valence electrons. The summed E-state index contributed by atoms with van der Waals surface area (Å²) in [5.74, 6) is -0.164. The molecular weight excluding hydrogens is 639 g/mol. The summed E-state index contributed by atoms with van der Waals surface area (Å²) in [6, 6.07) is 16.9. The van der Waals surface area contributed by atoms with Gasteiger partial charge in [-0.05, 0) is 37.3 Å². The van der Waals surface area contributed by atoms with Gasteiger partial charge >= 0.3 is 12.2 Å². The van der Waals surface area contributed by atoms with Crippen LogP contribution in [-0.2, 0) is 40.3 Å². The Balaban J connectivity index is 1.39. The zero-order valence-electron chi connectivity index (χ0n) is 26.6. The van der Waals surface area contributed by atoms with Gasteiger partial charge in [-0.1, -0.05) is 74.5 Å². The van der Waals surface area contributed by atoms with Crippen molar-refractivity contribution < 1.29 is 29.0 Å².